The maximum absolute atomic E-state index is 9.59. The Bertz CT molecular complexity index is 350. The quantitative estimate of drug-likeness (QED) is 0.817. The van der Waals surface area contributed by atoms with E-state index in [9.17, 15) is 5.11 Å². The molecule has 1 fully saturated rings. The average molecular weight is 244 g/mol. The maximum Gasteiger partial charge on any atom is 0.0814 e. The number of aliphatic hydroxyl groups is 1. The lowest BCUT2D eigenvalue weighted by Gasteiger charge is -2.31. The number of aliphatic hydroxyl groups excluding tert-OH is 1. The summed E-state index contributed by atoms with van der Waals surface area (Å²) in [5.41, 5.74) is 0.585. The second-order valence-electron chi connectivity index (χ2n) is 4.60. The number of hydrogen-bond acceptors (Lipinski definition) is 3. The van der Waals surface area contributed by atoms with Crippen LogP contribution in [0.4, 0.5) is 0 Å². The summed E-state index contributed by atoms with van der Waals surface area (Å²) in [4.78, 5) is 0. The van der Waals surface area contributed by atoms with E-state index in [-0.39, 0.29) is 12.1 Å². The molecule has 2 N–H and O–H groups in total. The molecular weight excluding hydrogens is 226 g/mol. The van der Waals surface area contributed by atoms with E-state index >= 15 is 0 Å². The van der Waals surface area contributed by atoms with Crippen molar-refractivity contribution in [3.8, 4) is 0 Å². The van der Waals surface area contributed by atoms with Crippen molar-refractivity contribution in [1.82, 2.24) is 15.1 Å². The molecule has 1 aromatic heterocycles. The van der Waals surface area contributed by atoms with Gasteiger partial charge in [-0.3, -0.25) is 4.68 Å². The summed E-state index contributed by atoms with van der Waals surface area (Å²) in [7, 11) is 1.90. The fourth-order valence-electron chi connectivity index (χ4n) is 2.17. The Morgan fingerprint density at radius 2 is 2.38 bits per heavy atom. The monoisotopic (exact) mass is 243 g/mol. The van der Waals surface area contributed by atoms with Gasteiger partial charge in [0.1, 0.15) is 0 Å². The molecule has 5 heteroatoms. The average Bonchev–Trinajstić information content (AvgIpc) is 3.05. The molecule has 90 valence electrons. The van der Waals surface area contributed by atoms with Gasteiger partial charge in [0.25, 0.3) is 0 Å². The van der Waals surface area contributed by atoms with Gasteiger partial charge in [0.15, 0.2) is 0 Å². The summed E-state index contributed by atoms with van der Waals surface area (Å²) < 4.78 is 1.82. The first-order valence-electron chi connectivity index (χ1n) is 5.60. The molecule has 0 radical (unpaired) electrons. The van der Waals surface area contributed by atoms with Crippen LogP contribution in [0.3, 0.4) is 0 Å². The summed E-state index contributed by atoms with van der Waals surface area (Å²) in [6, 6.07) is 0. The Kier molecular flexibility index (Phi) is 3.24. The van der Waals surface area contributed by atoms with E-state index in [0.29, 0.717) is 17.5 Å². The molecule has 0 spiro atoms. The Morgan fingerprint density at radius 3 is 2.75 bits per heavy atom. The molecule has 0 saturated heterocycles. The summed E-state index contributed by atoms with van der Waals surface area (Å²) >= 11 is 5.97. The van der Waals surface area contributed by atoms with Crippen LogP contribution in [0.15, 0.2) is 6.20 Å². The first kappa shape index (κ1) is 11.9. The third-order valence-corrected chi connectivity index (χ3v) is 3.84. The highest BCUT2D eigenvalue weighted by Crippen LogP contribution is 2.40. The number of likely N-dealkylation sites (N-methyl/N-ethyl adjacent to an activating group) is 1. The SMILES string of the molecule is CNC(CO)(Cn1cc(Cl)c(C)n1)C1CC1. The number of hydrogen-bond donors (Lipinski definition) is 2. The number of nitrogens with zero attached hydrogens (tertiary/aromatic N) is 2. The van der Waals surface area contributed by atoms with Gasteiger partial charge in [-0.1, -0.05) is 11.6 Å². The number of nitrogens with one attached hydrogen (secondary N) is 1. The third-order valence-electron chi connectivity index (χ3n) is 3.47. The fraction of sp³-hybridized carbons (Fsp3) is 0.727. The van der Waals surface area contributed by atoms with Crippen molar-refractivity contribution >= 4 is 11.6 Å². The molecule has 0 aromatic carbocycles. The largest absolute Gasteiger partial charge is 0.394 e. The van der Waals surface area contributed by atoms with Gasteiger partial charge in [-0.15, -0.1) is 0 Å². The lowest BCUT2D eigenvalue weighted by molar-refractivity contribution is 0.126. The van der Waals surface area contributed by atoms with E-state index in [1.807, 2.05) is 24.9 Å². The topological polar surface area (TPSA) is 50.1 Å². The van der Waals surface area contributed by atoms with Gasteiger partial charge in [0, 0.05) is 6.20 Å². The second-order valence-corrected chi connectivity index (χ2v) is 5.01. The smallest absolute Gasteiger partial charge is 0.0814 e. The van der Waals surface area contributed by atoms with Crippen LogP contribution in [0, 0.1) is 12.8 Å². The standard InChI is InChI=1S/C11H18ClN3O/c1-8-10(12)5-15(14-8)6-11(7-16,13-2)9-3-4-9/h5,9,13,16H,3-4,6-7H2,1-2H3. The van der Waals surface area contributed by atoms with Gasteiger partial charge in [-0.25, -0.2) is 0 Å². The van der Waals surface area contributed by atoms with Crippen molar-refractivity contribution in [3.63, 3.8) is 0 Å². The molecule has 1 saturated carbocycles. The zero-order chi connectivity index (χ0) is 11.8. The Labute approximate surface area is 101 Å². The molecular formula is C11H18ClN3O. The Morgan fingerprint density at radius 1 is 1.69 bits per heavy atom. The van der Waals surface area contributed by atoms with Crippen LogP contribution < -0.4 is 5.32 Å². The minimum Gasteiger partial charge on any atom is -0.394 e. The zero-order valence-electron chi connectivity index (χ0n) is 9.70. The predicted octanol–water partition coefficient (Wildman–Crippen LogP) is 1.21. The van der Waals surface area contributed by atoms with Gasteiger partial charge < -0.3 is 10.4 Å². The molecule has 0 amide bonds. The molecule has 0 aliphatic heterocycles. The molecule has 4 nitrogen and oxygen atoms in total. The highest BCUT2D eigenvalue weighted by atomic mass is 35.5. The van der Waals surface area contributed by atoms with Gasteiger partial charge >= 0.3 is 0 Å². The van der Waals surface area contributed by atoms with Crippen molar-refractivity contribution in [2.75, 3.05) is 13.7 Å². The van der Waals surface area contributed by atoms with E-state index in [1.54, 1.807) is 0 Å². The van der Waals surface area contributed by atoms with Crippen LogP contribution in [-0.4, -0.2) is 34.1 Å². The molecule has 1 aromatic rings. The summed E-state index contributed by atoms with van der Waals surface area (Å²) in [6.45, 7) is 2.68. The van der Waals surface area contributed by atoms with Crippen LogP contribution >= 0.6 is 11.6 Å². The summed E-state index contributed by atoms with van der Waals surface area (Å²) in [5, 5.41) is 17.9. The molecule has 1 aliphatic carbocycles. The molecule has 16 heavy (non-hydrogen) atoms. The fourth-order valence-corrected chi connectivity index (χ4v) is 2.32. The maximum atomic E-state index is 9.59. The minimum absolute atomic E-state index is 0.130. The van der Waals surface area contributed by atoms with Gasteiger partial charge in [-0.2, -0.15) is 5.10 Å². The minimum atomic E-state index is -0.248. The molecule has 1 atom stereocenters. The second kappa shape index (κ2) is 4.35. The molecule has 0 bridgehead atoms. The van der Waals surface area contributed by atoms with Crippen molar-refractivity contribution < 1.29 is 5.11 Å². The lowest BCUT2D eigenvalue weighted by Crippen LogP contribution is -2.52. The summed E-state index contributed by atoms with van der Waals surface area (Å²) in [6.07, 6.45) is 4.17. The zero-order valence-corrected chi connectivity index (χ0v) is 10.5. The van der Waals surface area contributed by atoms with E-state index < -0.39 is 0 Å². The van der Waals surface area contributed by atoms with Crippen LogP contribution in [0.2, 0.25) is 5.02 Å². The molecule has 1 aliphatic rings. The first-order chi connectivity index (χ1) is 7.61. The first-order valence-corrected chi connectivity index (χ1v) is 5.98. The van der Waals surface area contributed by atoms with Crippen molar-refractivity contribution in [3.05, 3.63) is 16.9 Å². The third kappa shape index (κ3) is 2.10. The van der Waals surface area contributed by atoms with Crippen molar-refractivity contribution in [1.29, 1.82) is 0 Å². The highest BCUT2D eigenvalue weighted by Gasteiger charge is 2.44. The normalized spacial score (nSPS) is 19.8. The molecule has 1 heterocycles. The molecule has 1 unspecified atom stereocenters. The molecule has 2 rings (SSSR count). The highest BCUT2D eigenvalue weighted by molar-refractivity contribution is 6.31. The van der Waals surface area contributed by atoms with Crippen molar-refractivity contribution in [2.45, 2.75) is 31.8 Å². The Hall–Kier alpha value is -0.580. The number of aromatic nitrogens is 2. The van der Waals surface area contributed by atoms with Crippen LogP contribution in [-0.2, 0) is 6.54 Å². The van der Waals surface area contributed by atoms with Gasteiger partial charge in [0.2, 0.25) is 0 Å². The van der Waals surface area contributed by atoms with Crippen LogP contribution in [0.1, 0.15) is 18.5 Å². The van der Waals surface area contributed by atoms with Gasteiger partial charge in [-0.05, 0) is 32.7 Å². The van der Waals surface area contributed by atoms with E-state index in [0.717, 1.165) is 5.69 Å². The Balaban J connectivity index is 2.16. The van der Waals surface area contributed by atoms with E-state index in [1.165, 1.54) is 12.8 Å². The van der Waals surface area contributed by atoms with Crippen LogP contribution in [0.5, 0.6) is 0 Å². The predicted molar refractivity (Wildman–Crippen MR) is 63.6 cm³/mol. The van der Waals surface area contributed by atoms with Crippen molar-refractivity contribution in [2.24, 2.45) is 5.92 Å². The number of rotatable bonds is 5. The van der Waals surface area contributed by atoms with Crippen LogP contribution in [0.25, 0.3) is 0 Å². The number of aryl methyl sites for hydroxylation is 1. The van der Waals surface area contributed by atoms with E-state index in [2.05, 4.69) is 10.4 Å². The summed E-state index contributed by atoms with van der Waals surface area (Å²) in [5.74, 6) is 0.547. The lowest BCUT2D eigenvalue weighted by atomic mass is 9.94. The van der Waals surface area contributed by atoms with Gasteiger partial charge in [0.05, 0.1) is 29.4 Å². The number of halogens is 1. The van der Waals surface area contributed by atoms with E-state index in [4.69, 9.17) is 11.6 Å².